The molecular formula is C19H18BrF2NO3. The molecule has 0 aliphatic carbocycles. The number of halogens is 3. The molecule has 7 heteroatoms. The minimum Gasteiger partial charge on any atom is -0.465 e. The molecule has 138 valence electrons. The van der Waals surface area contributed by atoms with Crippen LogP contribution in [0, 0.1) is 11.6 Å². The van der Waals surface area contributed by atoms with E-state index in [1.165, 1.54) is 4.90 Å². The second kappa shape index (κ2) is 7.32. The van der Waals surface area contributed by atoms with Gasteiger partial charge in [0.25, 0.3) is 0 Å². The number of aliphatic hydroxyl groups is 1. The molecule has 26 heavy (non-hydrogen) atoms. The predicted molar refractivity (Wildman–Crippen MR) is 95.9 cm³/mol. The van der Waals surface area contributed by atoms with Crippen molar-refractivity contribution in [2.75, 3.05) is 6.54 Å². The number of hydrogen-bond acceptors (Lipinski definition) is 2. The molecule has 1 heterocycles. The first-order chi connectivity index (χ1) is 12.3. The number of amides is 1. The van der Waals surface area contributed by atoms with Crippen LogP contribution in [0.4, 0.5) is 13.6 Å². The van der Waals surface area contributed by atoms with Crippen molar-refractivity contribution in [3.05, 3.63) is 69.7 Å². The summed E-state index contributed by atoms with van der Waals surface area (Å²) in [5, 5.41) is 21.1. The van der Waals surface area contributed by atoms with Crippen molar-refractivity contribution in [3.63, 3.8) is 0 Å². The van der Waals surface area contributed by atoms with E-state index in [9.17, 15) is 23.8 Å². The van der Waals surface area contributed by atoms with Crippen LogP contribution in [-0.2, 0) is 12.0 Å². The average molecular weight is 426 g/mol. The Kier molecular flexibility index (Phi) is 5.29. The van der Waals surface area contributed by atoms with Crippen molar-refractivity contribution in [3.8, 4) is 0 Å². The molecule has 0 radical (unpaired) electrons. The Morgan fingerprint density at radius 1 is 1.27 bits per heavy atom. The van der Waals surface area contributed by atoms with E-state index >= 15 is 0 Å². The quantitative estimate of drug-likeness (QED) is 0.767. The van der Waals surface area contributed by atoms with Crippen molar-refractivity contribution in [1.29, 1.82) is 0 Å². The monoisotopic (exact) mass is 425 g/mol. The third kappa shape index (κ3) is 3.46. The van der Waals surface area contributed by atoms with Gasteiger partial charge in [0.05, 0.1) is 6.04 Å². The van der Waals surface area contributed by atoms with E-state index in [0.717, 1.165) is 12.1 Å². The third-order valence-corrected chi connectivity index (χ3v) is 5.58. The molecule has 4 nitrogen and oxygen atoms in total. The van der Waals surface area contributed by atoms with Crippen LogP contribution in [0.1, 0.15) is 24.0 Å². The molecule has 2 atom stereocenters. The van der Waals surface area contributed by atoms with E-state index in [4.69, 9.17) is 0 Å². The maximum Gasteiger partial charge on any atom is 0.407 e. The van der Waals surface area contributed by atoms with Crippen LogP contribution in [0.3, 0.4) is 0 Å². The van der Waals surface area contributed by atoms with Crippen molar-refractivity contribution in [2.45, 2.75) is 30.9 Å². The molecule has 1 fully saturated rings. The zero-order valence-corrected chi connectivity index (χ0v) is 15.4. The lowest BCUT2D eigenvalue weighted by Crippen LogP contribution is -2.50. The van der Waals surface area contributed by atoms with E-state index in [-0.39, 0.29) is 16.5 Å². The second-order valence-electron chi connectivity index (χ2n) is 6.45. The lowest BCUT2D eigenvalue weighted by Gasteiger charge is -2.39. The zero-order valence-electron chi connectivity index (χ0n) is 13.8. The Labute approximate surface area is 158 Å². The topological polar surface area (TPSA) is 60.8 Å². The number of benzene rings is 2. The van der Waals surface area contributed by atoms with Crippen LogP contribution in [0.2, 0.25) is 0 Å². The maximum atomic E-state index is 14.4. The summed E-state index contributed by atoms with van der Waals surface area (Å²) < 4.78 is 28.0. The molecule has 3 rings (SSSR count). The summed E-state index contributed by atoms with van der Waals surface area (Å²) in [6.45, 7) is 0.308. The molecule has 2 N–H and O–H groups in total. The molecule has 1 amide bonds. The lowest BCUT2D eigenvalue weighted by atomic mass is 9.80. The highest BCUT2D eigenvalue weighted by Gasteiger charge is 2.46. The molecule has 0 aromatic heterocycles. The Morgan fingerprint density at radius 2 is 1.96 bits per heavy atom. The van der Waals surface area contributed by atoms with Crippen molar-refractivity contribution in [1.82, 2.24) is 4.90 Å². The highest BCUT2D eigenvalue weighted by atomic mass is 79.9. The van der Waals surface area contributed by atoms with E-state index in [0.29, 0.717) is 24.9 Å². The largest absolute Gasteiger partial charge is 0.465 e. The van der Waals surface area contributed by atoms with E-state index in [1.54, 1.807) is 30.3 Å². The SMILES string of the molecule is O=C(O)N1CCCC1C(O)(Cc1c(F)cc(F)cc1Br)c1ccccc1. The van der Waals surface area contributed by atoms with Crippen LogP contribution in [0.5, 0.6) is 0 Å². The first-order valence-electron chi connectivity index (χ1n) is 8.24. The molecule has 2 aromatic rings. The minimum absolute atomic E-state index is 0.106. The van der Waals surface area contributed by atoms with Crippen LogP contribution < -0.4 is 0 Å². The maximum absolute atomic E-state index is 14.4. The fourth-order valence-corrected chi connectivity index (χ4v) is 4.19. The summed E-state index contributed by atoms with van der Waals surface area (Å²) in [6, 6.07) is 9.79. The van der Waals surface area contributed by atoms with Gasteiger partial charge in [-0.05, 0) is 24.5 Å². The van der Waals surface area contributed by atoms with Gasteiger partial charge >= 0.3 is 6.09 Å². The molecule has 1 saturated heterocycles. The summed E-state index contributed by atoms with van der Waals surface area (Å²) in [5.74, 6) is -1.51. The number of likely N-dealkylation sites (tertiary alicyclic amines) is 1. The van der Waals surface area contributed by atoms with Gasteiger partial charge in [-0.25, -0.2) is 13.6 Å². The Hall–Kier alpha value is -1.99. The van der Waals surface area contributed by atoms with Crippen molar-refractivity contribution >= 4 is 22.0 Å². The third-order valence-electron chi connectivity index (χ3n) is 4.88. The van der Waals surface area contributed by atoms with Crippen LogP contribution in [-0.4, -0.2) is 33.8 Å². The summed E-state index contributed by atoms with van der Waals surface area (Å²) in [4.78, 5) is 12.8. The number of hydrogen-bond donors (Lipinski definition) is 2. The Morgan fingerprint density at radius 3 is 2.58 bits per heavy atom. The summed E-state index contributed by atoms with van der Waals surface area (Å²) in [6.07, 6.45) is -0.240. The number of nitrogens with zero attached hydrogens (tertiary/aromatic N) is 1. The van der Waals surface area contributed by atoms with Gasteiger partial charge in [-0.3, -0.25) is 0 Å². The van der Waals surface area contributed by atoms with Gasteiger partial charge in [-0.2, -0.15) is 0 Å². The first kappa shape index (κ1) is 18.8. The second-order valence-corrected chi connectivity index (χ2v) is 7.30. The van der Waals surface area contributed by atoms with Crippen molar-refractivity contribution in [2.24, 2.45) is 0 Å². The molecule has 2 aromatic carbocycles. The highest BCUT2D eigenvalue weighted by molar-refractivity contribution is 9.10. The summed E-state index contributed by atoms with van der Waals surface area (Å²) in [5.41, 5.74) is -1.04. The Bertz CT molecular complexity index is 795. The number of rotatable bonds is 4. The van der Waals surface area contributed by atoms with Gasteiger partial charge in [0.15, 0.2) is 0 Å². The molecule has 0 spiro atoms. The minimum atomic E-state index is -1.64. The molecule has 0 saturated carbocycles. The normalized spacial score (nSPS) is 19.4. The Balaban J connectivity index is 2.09. The first-order valence-corrected chi connectivity index (χ1v) is 9.03. The van der Waals surface area contributed by atoms with Crippen molar-refractivity contribution < 1.29 is 23.8 Å². The predicted octanol–water partition coefficient (Wildman–Crippen LogP) is 4.30. The smallest absolute Gasteiger partial charge is 0.407 e. The molecule has 0 bridgehead atoms. The van der Waals surface area contributed by atoms with Gasteiger partial charge < -0.3 is 15.1 Å². The van der Waals surface area contributed by atoms with Gasteiger partial charge in [0, 0.05) is 29.1 Å². The number of carbonyl (C=O) groups is 1. The van der Waals surface area contributed by atoms with E-state index < -0.39 is 29.4 Å². The summed E-state index contributed by atoms with van der Waals surface area (Å²) in [7, 11) is 0. The van der Waals surface area contributed by atoms with Crippen LogP contribution >= 0.6 is 15.9 Å². The van der Waals surface area contributed by atoms with E-state index in [2.05, 4.69) is 15.9 Å². The fraction of sp³-hybridized carbons (Fsp3) is 0.316. The van der Waals surface area contributed by atoms with Gasteiger partial charge in [0.2, 0.25) is 0 Å². The lowest BCUT2D eigenvalue weighted by molar-refractivity contribution is -0.0339. The van der Waals surface area contributed by atoms with Gasteiger partial charge in [0.1, 0.15) is 17.2 Å². The number of carboxylic acid groups (broad SMARTS) is 1. The van der Waals surface area contributed by atoms with Crippen LogP contribution in [0.25, 0.3) is 0 Å². The molecule has 1 aliphatic heterocycles. The standard InChI is InChI=1S/C19H18BrF2NO3/c20-15-9-13(21)10-16(22)14(15)11-19(26,12-5-2-1-3-6-12)17-7-4-8-23(17)18(24)25/h1-3,5-6,9-10,17,26H,4,7-8,11H2,(H,24,25). The average Bonchev–Trinajstić information content (AvgIpc) is 3.09. The van der Waals surface area contributed by atoms with Crippen LogP contribution in [0.15, 0.2) is 46.9 Å². The summed E-state index contributed by atoms with van der Waals surface area (Å²) >= 11 is 3.15. The molecular weight excluding hydrogens is 408 g/mol. The molecule has 2 unspecified atom stereocenters. The fourth-order valence-electron chi connectivity index (χ4n) is 3.64. The van der Waals surface area contributed by atoms with E-state index in [1.807, 2.05) is 0 Å². The highest BCUT2D eigenvalue weighted by Crippen LogP contribution is 2.39. The van der Waals surface area contributed by atoms with Gasteiger partial charge in [-0.1, -0.05) is 46.3 Å². The zero-order chi connectivity index (χ0) is 18.9. The van der Waals surface area contributed by atoms with Gasteiger partial charge in [-0.15, -0.1) is 0 Å². The molecule has 1 aliphatic rings.